The van der Waals surface area contributed by atoms with Crippen molar-refractivity contribution in [2.45, 2.75) is 12.8 Å². The van der Waals surface area contributed by atoms with Crippen LogP contribution in [0.4, 0.5) is 13.6 Å². The Kier molecular flexibility index (Phi) is 5.93. The van der Waals surface area contributed by atoms with E-state index in [9.17, 15) is 24.0 Å². The van der Waals surface area contributed by atoms with Gasteiger partial charge in [0, 0.05) is 31.5 Å². The summed E-state index contributed by atoms with van der Waals surface area (Å²) in [4.78, 5) is 64.2. The lowest BCUT2D eigenvalue weighted by Crippen LogP contribution is -2.56. The maximum atomic E-state index is 16.1. The number of urea groups is 1. The van der Waals surface area contributed by atoms with Crippen LogP contribution in [-0.2, 0) is 14.3 Å². The molecule has 0 aliphatic carbocycles. The van der Waals surface area contributed by atoms with Crippen molar-refractivity contribution in [3.05, 3.63) is 75.6 Å². The highest BCUT2D eigenvalue weighted by atomic mass is 19.1. The largest absolute Gasteiger partial charge is 0.462 e. The van der Waals surface area contributed by atoms with Crippen LogP contribution in [0.25, 0.3) is 16.6 Å². The van der Waals surface area contributed by atoms with Crippen LogP contribution in [0.3, 0.4) is 0 Å². The fourth-order valence-electron chi connectivity index (χ4n) is 3.99. The number of amides is 4. The zero-order valence-electron chi connectivity index (χ0n) is 18.9. The number of esters is 1. The van der Waals surface area contributed by atoms with Crippen LogP contribution in [0.5, 0.6) is 0 Å². The topological polar surface area (TPSA) is 106 Å². The lowest BCUT2D eigenvalue weighted by Gasteiger charge is -2.33. The van der Waals surface area contributed by atoms with E-state index < -0.39 is 68.8 Å². The smallest absolute Gasteiger partial charge is 0.343 e. The molecule has 0 unspecified atom stereocenters. The van der Waals surface area contributed by atoms with E-state index in [1.165, 1.54) is 6.92 Å². The molecular weight excluding hydrogens is 464 g/mol. The first kappa shape index (κ1) is 23.7. The first-order valence-electron chi connectivity index (χ1n) is 10.5. The summed E-state index contributed by atoms with van der Waals surface area (Å²) in [6.45, 7) is 1.51. The van der Waals surface area contributed by atoms with Gasteiger partial charge in [0.15, 0.2) is 5.82 Å². The molecule has 1 fully saturated rings. The molecule has 0 spiro atoms. The number of para-hydroxylation sites is 1. The predicted molar refractivity (Wildman–Crippen MR) is 119 cm³/mol. The van der Waals surface area contributed by atoms with Crippen molar-refractivity contribution in [3.63, 3.8) is 0 Å². The van der Waals surface area contributed by atoms with Gasteiger partial charge in [-0.2, -0.15) is 0 Å². The van der Waals surface area contributed by atoms with Gasteiger partial charge in [0.1, 0.15) is 17.3 Å². The van der Waals surface area contributed by atoms with Crippen LogP contribution in [0.15, 0.2) is 47.4 Å². The highest BCUT2D eigenvalue weighted by Crippen LogP contribution is 2.34. The van der Waals surface area contributed by atoms with Crippen molar-refractivity contribution in [3.8, 4) is 5.69 Å². The Hall–Kier alpha value is -4.41. The minimum absolute atomic E-state index is 0.0328. The molecule has 2 heterocycles. The van der Waals surface area contributed by atoms with Gasteiger partial charge in [-0.15, -0.1) is 0 Å². The number of barbiturate groups is 1. The van der Waals surface area contributed by atoms with Crippen LogP contribution >= 0.6 is 0 Å². The summed E-state index contributed by atoms with van der Waals surface area (Å²) in [5, 5.41) is -0.494. The number of nitrogens with zero attached hydrogens (tertiary/aromatic N) is 3. The molecule has 0 radical (unpaired) electrons. The van der Waals surface area contributed by atoms with E-state index in [0.717, 1.165) is 24.9 Å². The van der Waals surface area contributed by atoms with Gasteiger partial charge in [-0.05, 0) is 25.1 Å². The number of rotatable bonds is 4. The van der Waals surface area contributed by atoms with Gasteiger partial charge < -0.3 is 9.30 Å². The number of imide groups is 2. The second-order valence-electron chi connectivity index (χ2n) is 7.79. The number of fused-ring (bicyclic) bond motifs is 1. The molecule has 2 aromatic carbocycles. The summed E-state index contributed by atoms with van der Waals surface area (Å²) in [5.74, 6) is -7.90. The molecule has 0 N–H and O–H groups in total. The Morgan fingerprint density at radius 1 is 1.00 bits per heavy atom. The normalized spacial score (nSPS) is 14.7. The fraction of sp³-hybridized carbons (Fsp3) is 0.208. The first-order valence-corrected chi connectivity index (χ1v) is 10.5. The van der Waals surface area contributed by atoms with E-state index in [0.29, 0.717) is 21.6 Å². The van der Waals surface area contributed by atoms with E-state index >= 15 is 8.78 Å². The number of ether oxygens (including phenoxy) is 1. The average molecular weight is 483 g/mol. The molecule has 3 aromatic rings. The molecule has 0 bridgehead atoms. The van der Waals surface area contributed by atoms with Crippen molar-refractivity contribution >= 4 is 34.7 Å². The number of hydrogen-bond donors (Lipinski definition) is 0. The number of carbonyl (C=O) groups is 4. The Bertz CT molecular complexity index is 1440. The van der Waals surface area contributed by atoms with Gasteiger partial charge in [-0.25, -0.2) is 18.4 Å². The molecule has 4 amide bonds. The highest BCUT2D eigenvalue weighted by Gasteiger charge is 2.46. The van der Waals surface area contributed by atoms with E-state index in [-0.39, 0.29) is 6.61 Å². The standard InChI is InChI=1S/C24H19F2N3O6/c1-4-35-23(33)14-11-29(12-8-6-5-7-9-12)19-13(20(14)30)10-15(25)16(18(19)26)17-21(31)27(2)24(34)28(3)22(17)32/h5-11,17H,4H2,1-3H3. The minimum Gasteiger partial charge on any atom is -0.462 e. The quantitative estimate of drug-likeness (QED) is 0.417. The maximum Gasteiger partial charge on any atom is 0.343 e. The van der Waals surface area contributed by atoms with E-state index in [2.05, 4.69) is 0 Å². The zero-order valence-corrected chi connectivity index (χ0v) is 18.9. The summed E-state index contributed by atoms with van der Waals surface area (Å²) >= 11 is 0. The summed E-state index contributed by atoms with van der Waals surface area (Å²) in [5.41, 5.74) is -2.49. The number of benzene rings is 2. The SMILES string of the molecule is CCOC(=O)c1cn(-c2ccccc2)c2c(F)c(C3C(=O)N(C)C(=O)N(C)C3=O)c(F)cc2c1=O. The molecule has 1 aliphatic heterocycles. The Balaban J connectivity index is 2.09. The molecular formula is C24H19F2N3O6. The number of pyridine rings is 1. The third-order valence-electron chi connectivity index (χ3n) is 5.76. The van der Waals surface area contributed by atoms with Crippen molar-refractivity contribution in [2.24, 2.45) is 0 Å². The van der Waals surface area contributed by atoms with Crippen LogP contribution in [0.2, 0.25) is 0 Å². The minimum atomic E-state index is -1.99. The van der Waals surface area contributed by atoms with Crippen LogP contribution < -0.4 is 5.43 Å². The summed E-state index contributed by atoms with van der Waals surface area (Å²) < 4.78 is 37.5. The van der Waals surface area contributed by atoms with Crippen molar-refractivity contribution < 1.29 is 32.7 Å². The number of halogens is 2. The molecule has 180 valence electrons. The molecule has 9 nitrogen and oxygen atoms in total. The van der Waals surface area contributed by atoms with E-state index in [4.69, 9.17) is 4.74 Å². The summed E-state index contributed by atoms with van der Waals surface area (Å²) in [6.07, 6.45) is 1.06. The summed E-state index contributed by atoms with van der Waals surface area (Å²) in [6, 6.07) is 7.76. The van der Waals surface area contributed by atoms with Crippen molar-refractivity contribution in [1.82, 2.24) is 14.4 Å². The van der Waals surface area contributed by atoms with Crippen molar-refractivity contribution in [1.29, 1.82) is 0 Å². The van der Waals surface area contributed by atoms with Gasteiger partial charge in [-0.1, -0.05) is 18.2 Å². The molecule has 0 saturated carbocycles. The molecule has 11 heteroatoms. The molecule has 1 saturated heterocycles. The maximum absolute atomic E-state index is 16.1. The molecule has 35 heavy (non-hydrogen) atoms. The predicted octanol–water partition coefficient (Wildman–Crippen LogP) is 2.58. The second-order valence-corrected chi connectivity index (χ2v) is 7.79. The number of hydrogen-bond acceptors (Lipinski definition) is 6. The molecule has 1 aromatic heterocycles. The third-order valence-corrected chi connectivity index (χ3v) is 5.76. The lowest BCUT2D eigenvalue weighted by molar-refractivity contribution is -0.143. The molecule has 0 atom stereocenters. The van der Waals surface area contributed by atoms with Crippen LogP contribution in [0, 0.1) is 11.6 Å². The van der Waals surface area contributed by atoms with Gasteiger partial charge in [0.05, 0.1) is 17.5 Å². The van der Waals surface area contributed by atoms with Crippen LogP contribution in [0.1, 0.15) is 28.8 Å². The van der Waals surface area contributed by atoms with Gasteiger partial charge in [-0.3, -0.25) is 24.2 Å². The average Bonchev–Trinajstić information content (AvgIpc) is 2.84. The first-order chi connectivity index (χ1) is 16.6. The Morgan fingerprint density at radius 2 is 1.60 bits per heavy atom. The molecule has 1 aliphatic rings. The second kappa shape index (κ2) is 8.75. The Morgan fingerprint density at radius 3 is 2.17 bits per heavy atom. The number of aromatic nitrogens is 1. The zero-order chi connectivity index (χ0) is 25.6. The number of carbonyl (C=O) groups excluding carboxylic acids is 4. The van der Waals surface area contributed by atoms with Gasteiger partial charge in [0.2, 0.25) is 17.2 Å². The van der Waals surface area contributed by atoms with Crippen LogP contribution in [-0.4, -0.2) is 58.9 Å². The lowest BCUT2D eigenvalue weighted by atomic mass is 9.91. The van der Waals surface area contributed by atoms with Crippen molar-refractivity contribution in [2.75, 3.05) is 20.7 Å². The third kappa shape index (κ3) is 3.65. The van der Waals surface area contributed by atoms with Gasteiger partial charge >= 0.3 is 12.0 Å². The summed E-state index contributed by atoms with van der Waals surface area (Å²) in [7, 11) is 2.17. The highest BCUT2D eigenvalue weighted by molar-refractivity contribution is 6.19. The van der Waals surface area contributed by atoms with Gasteiger partial charge in [0.25, 0.3) is 0 Å². The van der Waals surface area contributed by atoms with E-state index in [1.54, 1.807) is 30.3 Å². The fourth-order valence-corrected chi connectivity index (χ4v) is 3.99. The monoisotopic (exact) mass is 483 g/mol. The molecule has 4 rings (SSSR count). The Labute approximate surface area is 197 Å². The van der Waals surface area contributed by atoms with E-state index in [1.807, 2.05) is 0 Å². The number of likely N-dealkylation sites (N-methyl/N-ethyl adjacent to an activating group) is 2.